The first kappa shape index (κ1) is 94.6. The normalized spacial score (nSPS) is 55.9. The number of nitrogens with zero attached hydrogens (tertiary/aromatic N) is 2. The van der Waals surface area contributed by atoms with Crippen molar-refractivity contribution in [2.24, 2.45) is 124 Å². The number of fused-ring (bicyclic) bond motifs is 9. The maximum atomic E-state index is 13.1. The Morgan fingerprint density at radius 3 is 1.36 bits per heavy atom. The highest BCUT2D eigenvalue weighted by Crippen LogP contribution is 2.67. The van der Waals surface area contributed by atoms with Crippen LogP contribution in [0, 0.1) is 147 Å². The lowest BCUT2D eigenvalue weighted by atomic mass is 9.75. The first-order chi connectivity index (χ1) is 59.6. The molecular formula is C80H108F6N2O32S9. The zero-order valence-electron chi connectivity index (χ0n) is 72.2. The molecule has 0 amide bonds. The van der Waals surface area contributed by atoms with Crippen molar-refractivity contribution in [1.29, 1.82) is 10.5 Å². The second-order valence-electron chi connectivity index (χ2n) is 42.0. The molecule has 0 spiro atoms. The number of nitriles is 2. The van der Waals surface area contributed by atoms with E-state index in [0.29, 0.717) is 53.9 Å². The molecule has 129 heavy (non-hydrogen) atoms. The summed E-state index contributed by atoms with van der Waals surface area (Å²) in [4.78, 5) is 23.5. The number of hydrogen-bond acceptors (Lipinski definition) is 34. The van der Waals surface area contributed by atoms with E-state index in [4.69, 9.17) is 62.1 Å². The Balaban J connectivity index is 0.0000000944. The highest BCUT2D eigenvalue weighted by molar-refractivity contribution is 7.95. The lowest BCUT2D eigenvalue weighted by molar-refractivity contribution is -0.189. The molecule has 27 rings (SSSR count). The van der Waals surface area contributed by atoms with Crippen molar-refractivity contribution in [2.45, 2.75) is 275 Å². The average molecular weight is 2010 g/mol. The summed E-state index contributed by atoms with van der Waals surface area (Å²) >= 11 is 0. The molecule has 726 valence electrons. The molecule has 26 aliphatic heterocycles. The Kier molecular flexibility index (Phi) is 21.9. The SMILES string of the molecule is CC1C2CC3(C#N)C(O2)C1CS3(=O)=O.CC1C2CC3(C(F)(F)F)C(O2)C1CS3(=O)=O.CC1C2CC3(C)C(O2)C1CS3(=O)=O.CC1C2CC3C(O2)C1OS3(=O)=O.CC1C2CC3C1CS(=O)(=O)C3O2.CC1C2CS(=O)(=O)C3C(C#N)C1OC23.CC1C2CS(=O)(=O)C3C2OC1C3C(F)(F)F.COC(=O)C12CC3OC1C(CS2(=O)=O)C3C.COC(=O)C1C2OC3C(CS(=O)(=O)C31)C2C. The molecule has 18 bridgehead atoms. The molecule has 48 atom stereocenters. The second kappa shape index (κ2) is 29.9. The van der Waals surface area contributed by atoms with Crippen LogP contribution in [0.3, 0.4) is 0 Å². The molecule has 26 saturated heterocycles. The van der Waals surface area contributed by atoms with Gasteiger partial charge in [0.1, 0.15) is 45.0 Å². The fraction of sp³-hybridized carbons (Fsp3) is 0.950. The van der Waals surface area contributed by atoms with Crippen molar-refractivity contribution in [3.05, 3.63) is 0 Å². The van der Waals surface area contributed by atoms with Crippen LogP contribution in [0.1, 0.15) is 108 Å². The van der Waals surface area contributed by atoms with Gasteiger partial charge in [0.25, 0.3) is 10.1 Å². The third kappa shape index (κ3) is 12.9. The van der Waals surface area contributed by atoms with Crippen molar-refractivity contribution < 1.29 is 168 Å². The van der Waals surface area contributed by atoms with Gasteiger partial charge in [0.05, 0.1) is 181 Å². The van der Waals surface area contributed by atoms with Gasteiger partial charge in [-0.25, -0.2) is 67.3 Å². The number of alkyl halides is 6. The third-order valence-corrected chi connectivity index (χ3v) is 57.1. The summed E-state index contributed by atoms with van der Waals surface area (Å²) in [5, 5.41) is 15.1. The van der Waals surface area contributed by atoms with Gasteiger partial charge in [0.15, 0.2) is 98.4 Å². The fourth-order valence-electron chi connectivity index (χ4n) is 29.4. The minimum absolute atomic E-state index is 0.00231. The Morgan fingerprint density at radius 1 is 0.388 bits per heavy atom. The Morgan fingerprint density at radius 2 is 0.845 bits per heavy atom. The number of rotatable bonds is 2. The molecule has 49 heteroatoms. The number of halogens is 6. The highest BCUT2D eigenvalue weighted by atomic mass is 32.2. The van der Waals surface area contributed by atoms with E-state index in [-0.39, 0.29) is 197 Å². The summed E-state index contributed by atoms with van der Waals surface area (Å²) in [6, 6.07) is 4.10. The molecule has 26 heterocycles. The predicted octanol–water partition coefficient (Wildman–Crippen LogP) is 2.45. The quantitative estimate of drug-likeness (QED) is 0.218. The van der Waals surface area contributed by atoms with E-state index in [9.17, 15) is 112 Å². The molecule has 0 N–H and O–H groups in total. The molecule has 48 unspecified atom stereocenters. The zero-order chi connectivity index (χ0) is 93.9. The van der Waals surface area contributed by atoms with Gasteiger partial charge < -0.3 is 52.1 Å². The van der Waals surface area contributed by atoms with E-state index in [1.807, 2.05) is 47.6 Å². The number of ether oxygens (including phenoxy) is 11. The molecule has 27 aliphatic rings. The van der Waals surface area contributed by atoms with Gasteiger partial charge in [-0.3, -0.25) is 13.8 Å². The molecule has 0 aromatic heterocycles. The zero-order valence-corrected chi connectivity index (χ0v) is 79.6. The van der Waals surface area contributed by atoms with Gasteiger partial charge in [-0.1, -0.05) is 62.3 Å². The van der Waals surface area contributed by atoms with Crippen LogP contribution in [0.4, 0.5) is 26.3 Å². The Labute approximate surface area is 746 Å². The Bertz CT molecular complexity index is 5820. The molecule has 0 aromatic rings. The summed E-state index contributed by atoms with van der Waals surface area (Å²) < 4.78 is 348. The van der Waals surface area contributed by atoms with Crippen LogP contribution in [0.25, 0.3) is 0 Å². The predicted molar refractivity (Wildman–Crippen MR) is 433 cm³/mol. The van der Waals surface area contributed by atoms with Gasteiger partial charge in [-0.15, -0.1) is 0 Å². The lowest BCUT2D eigenvalue weighted by Gasteiger charge is -2.32. The van der Waals surface area contributed by atoms with E-state index >= 15 is 0 Å². The van der Waals surface area contributed by atoms with Crippen molar-refractivity contribution >= 4 is 101 Å². The van der Waals surface area contributed by atoms with Gasteiger partial charge in [0, 0.05) is 72.5 Å². The molecule has 0 aromatic carbocycles. The van der Waals surface area contributed by atoms with Crippen LogP contribution < -0.4 is 0 Å². The van der Waals surface area contributed by atoms with Crippen LogP contribution in [-0.4, -0.2) is 316 Å². The van der Waals surface area contributed by atoms with Crippen molar-refractivity contribution in [2.75, 3.05) is 60.2 Å². The number of sulfone groups is 8. The van der Waals surface area contributed by atoms with E-state index in [0.717, 1.165) is 12.8 Å². The molecule has 1 aliphatic carbocycles. The van der Waals surface area contributed by atoms with Crippen LogP contribution in [0.2, 0.25) is 0 Å². The summed E-state index contributed by atoms with van der Waals surface area (Å²) in [5.41, 5.74) is -0.427. The summed E-state index contributed by atoms with van der Waals surface area (Å²) in [6.45, 7) is 19.5. The first-order valence-electron chi connectivity index (χ1n) is 44.2. The van der Waals surface area contributed by atoms with E-state index in [2.05, 4.69) is 24.7 Å². The van der Waals surface area contributed by atoms with Gasteiger partial charge >= 0.3 is 24.3 Å². The van der Waals surface area contributed by atoms with Gasteiger partial charge in [0.2, 0.25) is 0 Å². The Hall–Kier alpha value is -3.35. The molecule has 34 nitrogen and oxygen atoms in total. The lowest BCUT2D eigenvalue weighted by Crippen LogP contribution is -2.55. The molecular weight excluding hydrogens is 1900 g/mol. The number of methoxy groups -OCH3 is 2. The maximum absolute atomic E-state index is 13.1. The van der Waals surface area contributed by atoms with Gasteiger partial charge in [-0.2, -0.15) is 45.3 Å². The monoisotopic (exact) mass is 2010 g/mol. The van der Waals surface area contributed by atoms with Crippen LogP contribution in [0.15, 0.2) is 0 Å². The third-order valence-electron chi connectivity index (χ3n) is 36.6. The smallest absolute Gasteiger partial charge is 0.410 e. The molecule has 27 fully saturated rings. The van der Waals surface area contributed by atoms with E-state index in [1.165, 1.54) is 14.2 Å². The minimum Gasteiger partial charge on any atom is -0.469 e. The standard InChI is InChI=1S/2C10H14O5S.2C9H11F3O3S.2C9H11NO3S.C9H14O3S.C8H12O3S.C7H10O4S/c1-5-6-4-16(12,13)10(9(11)14-2)3-7(5)15-8(6)10;1-4-5-3-16(12,13)9-6(10(11)14-2)7(4)15-8(5)9;1-4-5-3-16(13,14)8(9(10,11)12)2-6(4)15-7(5)8;1-3-4-2-16(13,14)8-5(9(10,11)12)6(3)15-7(4)8;1-5-6-3-14(11,12)9(4-10)2-7(5)13-8(6)9;1-4-6-3-14(11,12)9-5(2-10)7(4)13-8(6)9;1-5-6-4-13(10,11)9(2)3-7(5)12-8(6)9;1-4-6-3-12(9,10)8-5(6)2-7(4)11-8;1-3-4-2-5-7(10-4)6(3)11-12(5,8)9/h5-8H,3-4H2,1-2H3;4-9H,3H2,1-2H3;4-7H,2-3H2,1H3;3-8H,2H2,1H3;5-8H,2-3H2,1H3;4-9H,3H2,1H3;5-8H,3-4H2,1-2H3;4-8H,2-3H2,1H3;3-7H,2H2,1H3. The minimum atomic E-state index is -4.72. The summed E-state index contributed by atoms with van der Waals surface area (Å²) in [7, 11) is -27.3. The molecule has 1 saturated carbocycles. The fourth-order valence-corrected chi connectivity index (χ4v) is 51.5. The summed E-state index contributed by atoms with van der Waals surface area (Å²) in [5.74, 6) is -1.07. The number of carbonyl (C=O) groups excluding carboxylic acids is 2. The molecule has 0 radical (unpaired) electrons. The topological polar surface area (TPSA) is 500 Å². The van der Waals surface area contributed by atoms with E-state index < -0.39 is 214 Å². The van der Waals surface area contributed by atoms with Crippen LogP contribution >= 0.6 is 0 Å². The second-order valence-corrected chi connectivity index (χ2v) is 61.9. The van der Waals surface area contributed by atoms with Crippen molar-refractivity contribution in [3.8, 4) is 12.1 Å². The van der Waals surface area contributed by atoms with Gasteiger partial charge in [-0.05, 0) is 79.4 Å². The van der Waals surface area contributed by atoms with Crippen LogP contribution in [-0.2, 0) is 155 Å². The van der Waals surface area contributed by atoms with E-state index in [1.54, 1.807) is 13.8 Å². The van der Waals surface area contributed by atoms with Crippen molar-refractivity contribution in [1.82, 2.24) is 0 Å². The van der Waals surface area contributed by atoms with Crippen molar-refractivity contribution in [3.63, 3.8) is 0 Å². The maximum Gasteiger partial charge on any atom is 0.410 e. The number of esters is 2. The average Bonchev–Trinajstić information content (AvgIpc) is 1.49. The number of hydrogen-bond donors (Lipinski definition) is 0. The van der Waals surface area contributed by atoms with Crippen LogP contribution in [0.5, 0.6) is 0 Å². The number of carbonyl (C=O) groups is 2. The highest BCUT2D eigenvalue weighted by Gasteiger charge is 2.83. The summed E-state index contributed by atoms with van der Waals surface area (Å²) in [6.07, 6.45) is -11.7. The largest absolute Gasteiger partial charge is 0.469 e. The first-order valence-corrected chi connectivity index (χ1v) is 59.2.